The minimum Gasteiger partial charge on any atom is -0.493 e. The molecule has 112 valence electrons. The second-order valence-electron chi connectivity index (χ2n) is 6.07. The fourth-order valence-corrected chi connectivity index (χ4v) is 2.89. The van der Waals surface area contributed by atoms with Crippen molar-refractivity contribution in [3.05, 3.63) is 23.3 Å². The molecule has 20 heavy (non-hydrogen) atoms. The van der Waals surface area contributed by atoms with Gasteiger partial charge in [0, 0.05) is 17.5 Å². The number of hydrogen-bond donors (Lipinski definition) is 1. The zero-order chi connectivity index (χ0) is 15.0. The number of hydrogen-bond acceptors (Lipinski definition) is 3. The summed E-state index contributed by atoms with van der Waals surface area (Å²) in [6.45, 7) is 3.64. The van der Waals surface area contributed by atoms with Crippen LogP contribution in [0.4, 0.5) is 4.39 Å². The Labute approximate surface area is 120 Å². The van der Waals surface area contributed by atoms with Crippen LogP contribution in [0, 0.1) is 0 Å². The summed E-state index contributed by atoms with van der Waals surface area (Å²) in [6.07, 6.45) is 3.17. The summed E-state index contributed by atoms with van der Waals surface area (Å²) in [4.78, 5) is 0. The van der Waals surface area contributed by atoms with Gasteiger partial charge in [-0.15, -0.1) is 0 Å². The van der Waals surface area contributed by atoms with Gasteiger partial charge in [-0.1, -0.05) is 6.42 Å². The molecular formula is C16H24FNO2. The summed E-state index contributed by atoms with van der Waals surface area (Å²) in [6, 6.07) is 3.61. The predicted molar refractivity (Wildman–Crippen MR) is 78.3 cm³/mol. The molecule has 1 aromatic carbocycles. The lowest BCUT2D eigenvalue weighted by molar-refractivity contribution is 0.214. The van der Waals surface area contributed by atoms with Crippen LogP contribution in [0.2, 0.25) is 0 Å². The topological polar surface area (TPSA) is 44.5 Å². The van der Waals surface area contributed by atoms with E-state index in [0.29, 0.717) is 23.6 Å². The molecule has 0 unspecified atom stereocenters. The third-order valence-electron chi connectivity index (χ3n) is 4.44. The van der Waals surface area contributed by atoms with Crippen molar-refractivity contribution in [1.82, 2.24) is 0 Å². The normalized spacial score (nSPS) is 17.5. The Kier molecular flexibility index (Phi) is 3.96. The SMILES string of the molecule is COc1cc(C(C)(C)F)cc(C2(CN)CCC2)c1OC. The van der Waals surface area contributed by atoms with Crippen LogP contribution in [-0.2, 0) is 11.1 Å². The molecule has 0 radical (unpaired) electrons. The van der Waals surface area contributed by atoms with Gasteiger partial charge in [-0.3, -0.25) is 0 Å². The van der Waals surface area contributed by atoms with E-state index in [1.807, 2.05) is 6.07 Å². The molecule has 2 N–H and O–H groups in total. The molecule has 0 heterocycles. The third kappa shape index (κ3) is 2.37. The smallest absolute Gasteiger partial charge is 0.164 e. The number of alkyl halides is 1. The maximum Gasteiger partial charge on any atom is 0.164 e. The van der Waals surface area contributed by atoms with Crippen molar-refractivity contribution in [2.24, 2.45) is 5.73 Å². The summed E-state index contributed by atoms with van der Waals surface area (Å²) in [5.74, 6) is 1.26. The summed E-state index contributed by atoms with van der Waals surface area (Å²) in [7, 11) is 3.19. The lowest BCUT2D eigenvalue weighted by Gasteiger charge is -2.42. The maximum atomic E-state index is 14.3. The van der Waals surface area contributed by atoms with Gasteiger partial charge in [-0.05, 0) is 44.4 Å². The van der Waals surface area contributed by atoms with E-state index < -0.39 is 5.67 Å². The highest BCUT2D eigenvalue weighted by Gasteiger charge is 2.41. The maximum absolute atomic E-state index is 14.3. The van der Waals surface area contributed by atoms with E-state index in [0.717, 1.165) is 24.8 Å². The average Bonchev–Trinajstić information content (AvgIpc) is 2.36. The molecule has 0 saturated heterocycles. The van der Waals surface area contributed by atoms with Crippen LogP contribution in [0.5, 0.6) is 11.5 Å². The van der Waals surface area contributed by atoms with Gasteiger partial charge in [0.25, 0.3) is 0 Å². The third-order valence-corrected chi connectivity index (χ3v) is 4.44. The van der Waals surface area contributed by atoms with Crippen molar-refractivity contribution in [3.8, 4) is 11.5 Å². The molecular weight excluding hydrogens is 257 g/mol. The molecule has 1 fully saturated rings. The van der Waals surface area contributed by atoms with E-state index in [9.17, 15) is 4.39 Å². The standard InChI is InChI=1S/C16H24FNO2/c1-15(2,17)11-8-12(16(10-18)6-5-7-16)14(20-4)13(9-11)19-3/h8-9H,5-7,10,18H2,1-4H3. The van der Waals surface area contributed by atoms with Gasteiger partial charge in [0.05, 0.1) is 14.2 Å². The highest BCUT2D eigenvalue weighted by atomic mass is 19.1. The van der Waals surface area contributed by atoms with Gasteiger partial charge < -0.3 is 15.2 Å². The number of nitrogens with two attached hydrogens (primary N) is 1. The molecule has 4 heteroatoms. The van der Waals surface area contributed by atoms with Crippen molar-refractivity contribution in [1.29, 1.82) is 0 Å². The number of halogens is 1. The zero-order valence-corrected chi connectivity index (χ0v) is 12.8. The second-order valence-corrected chi connectivity index (χ2v) is 6.07. The Morgan fingerprint density at radius 3 is 2.25 bits per heavy atom. The molecule has 0 aliphatic heterocycles. The Morgan fingerprint density at radius 1 is 1.25 bits per heavy atom. The molecule has 0 amide bonds. The van der Waals surface area contributed by atoms with Crippen molar-refractivity contribution < 1.29 is 13.9 Å². The minimum atomic E-state index is -1.42. The van der Waals surface area contributed by atoms with E-state index in [1.165, 1.54) is 0 Å². The van der Waals surface area contributed by atoms with Crippen LogP contribution in [0.1, 0.15) is 44.2 Å². The van der Waals surface area contributed by atoms with Crippen LogP contribution >= 0.6 is 0 Å². The fraction of sp³-hybridized carbons (Fsp3) is 0.625. The molecule has 1 saturated carbocycles. The van der Waals surface area contributed by atoms with Gasteiger partial charge in [0.1, 0.15) is 5.67 Å². The molecule has 1 aliphatic carbocycles. The van der Waals surface area contributed by atoms with Crippen LogP contribution in [0.3, 0.4) is 0 Å². The van der Waals surface area contributed by atoms with Crippen molar-refractivity contribution in [3.63, 3.8) is 0 Å². The van der Waals surface area contributed by atoms with Gasteiger partial charge >= 0.3 is 0 Å². The van der Waals surface area contributed by atoms with Crippen LogP contribution in [0.25, 0.3) is 0 Å². The highest BCUT2D eigenvalue weighted by molar-refractivity contribution is 5.54. The minimum absolute atomic E-state index is 0.0973. The Bertz CT molecular complexity index is 484. The van der Waals surface area contributed by atoms with Crippen LogP contribution < -0.4 is 15.2 Å². The number of benzene rings is 1. The highest BCUT2D eigenvalue weighted by Crippen LogP contribution is 2.50. The first-order valence-electron chi connectivity index (χ1n) is 7.04. The van der Waals surface area contributed by atoms with Crippen LogP contribution in [-0.4, -0.2) is 20.8 Å². The largest absolute Gasteiger partial charge is 0.493 e. The average molecular weight is 281 g/mol. The molecule has 0 atom stereocenters. The molecule has 0 aromatic heterocycles. The summed E-state index contributed by atoms with van der Waals surface area (Å²) >= 11 is 0. The van der Waals surface area contributed by atoms with Crippen molar-refractivity contribution >= 4 is 0 Å². The van der Waals surface area contributed by atoms with E-state index in [1.54, 1.807) is 34.1 Å². The second kappa shape index (κ2) is 5.24. The number of methoxy groups -OCH3 is 2. The summed E-state index contributed by atoms with van der Waals surface area (Å²) in [5.41, 5.74) is 6.05. The first kappa shape index (κ1) is 15.1. The van der Waals surface area contributed by atoms with Crippen molar-refractivity contribution in [2.45, 2.75) is 44.2 Å². The van der Waals surface area contributed by atoms with E-state index in [2.05, 4.69) is 0 Å². The van der Waals surface area contributed by atoms with Crippen LogP contribution in [0.15, 0.2) is 12.1 Å². The summed E-state index contributed by atoms with van der Waals surface area (Å²) < 4.78 is 25.2. The molecule has 1 aromatic rings. The molecule has 3 nitrogen and oxygen atoms in total. The van der Waals surface area contributed by atoms with E-state index in [4.69, 9.17) is 15.2 Å². The number of ether oxygens (including phenoxy) is 2. The quantitative estimate of drug-likeness (QED) is 0.900. The van der Waals surface area contributed by atoms with Gasteiger partial charge in [-0.25, -0.2) is 4.39 Å². The number of rotatable bonds is 5. The van der Waals surface area contributed by atoms with E-state index in [-0.39, 0.29) is 5.41 Å². The molecule has 2 rings (SSSR count). The lowest BCUT2D eigenvalue weighted by atomic mass is 9.63. The Hall–Kier alpha value is -1.29. The van der Waals surface area contributed by atoms with Gasteiger partial charge in [0.15, 0.2) is 11.5 Å². The van der Waals surface area contributed by atoms with Crippen molar-refractivity contribution in [2.75, 3.05) is 20.8 Å². The molecule has 1 aliphatic rings. The zero-order valence-electron chi connectivity index (χ0n) is 12.8. The first-order valence-corrected chi connectivity index (χ1v) is 7.04. The Balaban J connectivity index is 2.64. The monoisotopic (exact) mass is 281 g/mol. The first-order chi connectivity index (χ1) is 9.38. The van der Waals surface area contributed by atoms with Gasteiger partial charge in [-0.2, -0.15) is 0 Å². The Morgan fingerprint density at radius 2 is 1.90 bits per heavy atom. The predicted octanol–water partition coefficient (Wildman–Crippen LogP) is 3.29. The molecule has 0 bridgehead atoms. The summed E-state index contributed by atoms with van der Waals surface area (Å²) in [5, 5.41) is 0. The van der Waals surface area contributed by atoms with E-state index >= 15 is 0 Å². The van der Waals surface area contributed by atoms with Gasteiger partial charge in [0.2, 0.25) is 0 Å². The fourth-order valence-electron chi connectivity index (χ4n) is 2.89. The molecule has 0 spiro atoms. The lowest BCUT2D eigenvalue weighted by Crippen LogP contribution is -2.42.